The predicted octanol–water partition coefficient (Wildman–Crippen LogP) is 3.97. The van der Waals surface area contributed by atoms with Crippen LogP contribution in [-0.4, -0.2) is 12.1 Å². The van der Waals surface area contributed by atoms with E-state index >= 15 is 0 Å². The zero-order valence-electron chi connectivity index (χ0n) is 8.73. The number of anilines is 1. The van der Waals surface area contributed by atoms with Crippen molar-refractivity contribution in [3.05, 3.63) is 22.2 Å². The number of nitrogens with one attached hydrogen (secondary N) is 1. The standard InChI is InChI=1S/C11H13Cl2NO/c1-11(2)3-4-14-10-8(13)5-7(12)6-9(10)15-11/h5-6,14H,3-4H2,1-2H3. The molecule has 1 aliphatic rings. The average molecular weight is 246 g/mol. The van der Waals surface area contributed by atoms with Gasteiger partial charge in [-0.3, -0.25) is 0 Å². The maximum Gasteiger partial charge on any atom is 0.146 e. The Morgan fingerprint density at radius 2 is 2.07 bits per heavy atom. The van der Waals surface area contributed by atoms with Crippen molar-refractivity contribution >= 4 is 28.9 Å². The normalized spacial score (nSPS) is 18.4. The van der Waals surface area contributed by atoms with Crippen LogP contribution in [0.25, 0.3) is 0 Å². The molecule has 0 unspecified atom stereocenters. The predicted molar refractivity (Wildman–Crippen MR) is 64.3 cm³/mol. The summed E-state index contributed by atoms with van der Waals surface area (Å²) in [6.07, 6.45) is 0.926. The molecule has 1 N–H and O–H groups in total. The molecule has 0 bridgehead atoms. The molecule has 1 heterocycles. The first-order chi connectivity index (χ1) is 6.98. The first kappa shape index (κ1) is 10.9. The lowest BCUT2D eigenvalue weighted by atomic mass is 10.1. The highest BCUT2D eigenvalue weighted by Gasteiger charge is 2.25. The second kappa shape index (κ2) is 3.76. The van der Waals surface area contributed by atoms with Gasteiger partial charge in [0.05, 0.1) is 10.7 Å². The maximum absolute atomic E-state index is 6.09. The fourth-order valence-corrected chi connectivity index (χ4v) is 2.18. The monoisotopic (exact) mass is 245 g/mol. The van der Waals surface area contributed by atoms with Gasteiger partial charge in [0, 0.05) is 24.1 Å². The van der Waals surface area contributed by atoms with Gasteiger partial charge in [0.25, 0.3) is 0 Å². The summed E-state index contributed by atoms with van der Waals surface area (Å²) in [4.78, 5) is 0. The smallest absolute Gasteiger partial charge is 0.146 e. The number of hydrogen-bond acceptors (Lipinski definition) is 2. The lowest BCUT2D eigenvalue weighted by Gasteiger charge is -2.24. The summed E-state index contributed by atoms with van der Waals surface area (Å²) < 4.78 is 5.87. The van der Waals surface area contributed by atoms with Gasteiger partial charge in [-0.25, -0.2) is 0 Å². The Kier molecular flexibility index (Phi) is 2.73. The highest BCUT2D eigenvalue weighted by molar-refractivity contribution is 6.36. The average Bonchev–Trinajstić information content (AvgIpc) is 2.21. The molecule has 0 spiro atoms. The third-order valence-electron chi connectivity index (χ3n) is 2.43. The summed E-state index contributed by atoms with van der Waals surface area (Å²) in [5.74, 6) is 0.731. The van der Waals surface area contributed by atoms with Crippen molar-refractivity contribution in [1.29, 1.82) is 0 Å². The van der Waals surface area contributed by atoms with E-state index in [2.05, 4.69) is 19.2 Å². The summed E-state index contributed by atoms with van der Waals surface area (Å²) in [5, 5.41) is 4.46. The van der Waals surface area contributed by atoms with Crippen LogP contribution in [0.2, 0.25) is 10.0 Å². The molecular formula is C11H13Cl2NO. The van der Waals surface area contributed by atoms with E-state index in [9.17, 15) is 0 Å². The van der Waals surface area contributed by atoms with E-state index in [0.29, 0.717) is 10.0 Å². The molecule has 2 nitrogen and oxygen atoms in total. The number of ether oxygens (including phenoxy) is 1. The van der Waals surface area contributed by atoms with E-state index in [1.165, 1.54) is 0 Å². The largest absolute Gasteiger partial charge is 0.486 e. The summed E-state index contributed by atoms with van der Waals surface area (Å²) in [6.45, 7) is 4.96. The van der Waals surface area contributed by atoms with Crippen LogP contribution >= 0.6 is 23.2 Å². The Balaban J connectivity index is 2.47. The van der Waals surface area contributed by atoms with E-state index in [4.69, 9.17) is 27.9 Å². The van der Waals surface area contributed by atoms with Crippen molar-refractivity contribution in [2.45, 2.75) is 25.9 Å². The molecular weight excluding hydrogens is 233 g/mol. The summed E-state index contributed by atoms with van der Waals surface area (Å²) in [6, 6.07) is 3.51. The minimum absolute atomic E-state index is 0.188. The van der Waals surface area contributed by atoms with Gasteiger partial charge in [-0.1, -0.05) is 23.2 Å². The molecule has 0 radical (unpaired) electrons. The third-order valence-corrected chi connectivity index (χ3v) is 2.95. The molecule has 1 aromatic rings. The van der Waals surface area contributed by atoms with Gasteiger partial charge in [-0.2, -0.15) is 0 Å². The maximum atomic E-state index is 6.09. The Labute approximate surface area is 99.5 Å². The van der Waals surface area contributed by atoms with Crippen molar-refractivity contribution in [3.8, 4) is 5.75 Å². The molecule has 0 fully saturated rings. The molecule has 0 atom stereocenters. The molecule has 2 rings (SSSR count). The number of rotatable bonds is 0. The van der Waals surface area contributed by atoms with Gasteiger partial charge in [0.1, 0.15) is 11.4 Å². The number of hydrogen-bond donors (Lipinski definition) is 1. The lowest BCUT2D eigenvalue weighted by Crippen LogP contribution is -2.28. The molecule has 0 saturated heterocycles. The molecule has 1 aromatic carbocycles. The van der Waals surface area contributed by atoms with Gasteiger partial charge in [-0.15, -0.1) is 0 Å². The van der Waals surface area contributed by atoms with Crippen molar-refractivity contribution < 1.29 is 4.74 Å². The quantitative estimate of drug-likeness (QED) is 0.747. The van der Waals surface area contributed by atoms with E-state index in [-0.39, 0.29) is 5.60 Å². The Bertz CT molecular complexity index is 390. The van der Waals surface area contributed by atoms with Gasteiger partial charge in [0.15, 0.2) is 0 Å². The van der Waals surface area contributed by atoms with Gasteiger partial charge < -0.3 is 10.1 Å². The van der Waals surface area contributed by atoms with Crippen molar-refractivity contribution in [2.75, 3.05) is 11.9 Å². The van der Waals surface area contributed by atoms with Crippen LogP contribution in [-0.2, 0) is 0 Å². The zero-order valence-corrected chi connectivity index (χ0v) is 10.2. The highest BCUT2D eigenvalue weighted by Crippen LogP contribution is 2.39. The van der Waals surface area contributed by atoms with Crippen LogP contribution in [0.3, 0.4) is 0 Å². The molecule has 0 aromatic heterocycles. The molecule has 0 amide bonds. The second-order valence-electron chi connectivity index (χ2n) is 4.30. The highest BCUT2D eigenvalue weighted by atomic mass is 35.5. The van der Waals surface area contributed by atoms with E-state index in [1.807, 2.05) is 0 Å². The molecule has 82 valence electrons. The van der Waals surface area contributed by atoms with Crippen molar-refractivity contribution in [2.24, 2.45) is 0 Å². The second-order valence-corrected chi connectivity index (χ2v) is 5.14. The number of halogens is 2. The topological polar surface area (TPSA) is 21.3 Å². The van der Waals surface area contributed by atoms with Gasteiger partial charge >= 0.3 is 0 Å². The van der Waals surface area contributed by atoms with E-state index in [1.54, 1.807) is 12.1 Å². The van der Waals surface area contributed by atoms with Gasteiger partial charge in [-0.05, 0) is 19.9 Å². The van der Waals surface area contributed by atoms with Crippen LogP contribution < -0.4 is 10.1 Å². The Hall–Kier alpha value is -0.600. The van der Waals surface area contributed by atoms with Crippen LogP contribution in [0.4, 0.5) is 5.69 Å². The Morgan fingerprint density at radius 3 is 2.80 bits per heavy atom. The van der Waals surface area contributed by atoms with Gasteiger partial charge in [0.2, 0.25) is 0 Å². The van der Waals surface area contributed by atoms with Crippen LogP contribution in [0.1, 0.15) is 20.3 Å². The first-order valence-electron chi connectivity index (χ1n) is 4.90. The molecule has 0 aliphatic carbocycles. The summed E-state index contributed by atoms with van der Waals surface area (Å²) in [5.41, 5.74) is 0.651. The summed E-state index contributed by atoms with van der Waals surface area (Å²) >= 11 is 12.0. The zero-order chi connectivity index (χ0) is 11.1. The molecule has 15 heavy (non-hydrogen) atoms. The SMILES string of the molecule is CC1(C)CCNc2c(Cl)cc(Cl)cc2O1. The van der Waals surface area contributed by atoms with E-state index < -0.39 is 0 Å². The number of fused-ring (bicyclic) bond motifs is 1. The van der Waals surface area contributed by atoms with Crippen LogP contribution in [0, 0.1) is 0 Å². The Morgan fingerprint density at radius 1 is 1.33 bits per heavy atom. The minimum atomic E-state index is -0.188. The number of benzene rings is 1. The van der Waals surface area contributed by atoms with Crippen LogP contribution in [0.15, 0.2) is 12.1 Å². The fourth-order valence-electron chi connectivity index (χ4n) is 1.64. The molecule has 1 aliphatic heterocycles. The van der Waals surface area contributed by atoms with Crippen molar-refractivity contribution in [3.63, 3.8) is 0 Å². The molecule has 4 heteroatoms. The molecule has 0 saturated carbocycles. The lowest BCUT2D eigenvalue weighted by molar-refractivity contribution is 0.108. The van der Waals surface area contributed by atoms with Crippen LogP contribution in [0.5, 0.6) is 5.75 Å². The van der Waals surface area contributed by atoms with E-state index in [0.717, 1.165) is 24.4 Å². The summed E-state index contributed by atoms with van der Waals surface area (Å²) in [7, 11) is 0. The third kappa shape index (κ3) is 2.32. The fraction of sp³-hybridized carbons (Fsp3) is 0.455. The minimum Gasteiger partial charge on any atom is -0.486 e. The van der Waals surface area contributed by atoms with Crippen molar-refractivity contribution in [1.82, 2.24) is 0 Å². The first-order valence-corrected chi connectivity index (χ1v) is 5.65.